The van der Waals surface area contributed by atoms with Gasteiger partial charge in [0.2, 0.25) is 11.6 Å². The largest absolute Gasteiger partial charge is 0.494 e. The fourth-order valence-electron chi connectivity index (χ4n) is 4.34. The highest BCUT2D eigenvalue weighted by molar-refractivity contribution is 6.31. The van der Waals surface area contributed by atoms with Crippen LogP contribution in [0.15, 0.2) is 42.5 Å². The molecule has 2 N–H and O–H groups in total. The molecule has 32 heavy (non-hydrogen) atoms. The maximum Gasteiger partial charge on any atom is 0.227 e. The van der Waals surface area contributed by atoms with Crippen molar-refractivity contribution in [1.82, 2.24) is 0 Å². The summed E-state index contributed by atoms with van der Waals surface area (Å²) in [5.41, 5.74) is 2.36. The number of hydrogen-bond donors (Lipinski definition) is 2. The minimum Gasteiger partial charge on any atom is -0.494 e. The zero-order valence-electron chi connectivity index (χ0n) is 18.0. The van der Waals surface area contributed by atoms with Gasteiger partial charge in [-0.3, -0.25) is 0 Å². The molecule has 8 heteroatoms. The predicted octanol–water partition coefficient (Wildman–Crippen LogP) is 3.14. The van der Waals surface area contributed by atoms with E-state index in [4.69, 9.17) is 35.8 Å². The molecule has 2 bridgehead atoms. The second-order valence-electron chi connectivity index (χ2n) is 8.10. The number of benzene rings is 2. The number of rotatable bonds is 7. The van der Waals surface area contributed by atoms with Gasteiger partial charge in [-0.05, 0) is 48.7 Å². The van der Waals surface area contributed by atoms with Crippen molar-refractivity contribution >= 4 is 11.6 Å². The Bertz CT molecular complexity index is 1010. The first-order valence-corrected chi connectivity index (χ1v) is 10.9. The van der Waals surface area contributed by atoms with E-state index >= 15 is 0 Å². The number of aliphatic hydroxyl groups excluding tert-OH is 2. The smallest absolute Gasteiger partial charge is 0.227 e. The minimum atomic E-state index is -1.63. The lowest BCUT2D eigenvalue weighted by atomic mass is 9.83. The van der Waals surface area contributed by atoms with Gasteiger partial charge in [0.25, 0.3) is 0 Å². The van der Waals surface area contributed by atoms with Gasteiger partial charge in [0.1, 0.15) is 25.1 Å². The van der Waals surface area contributed by atoms with E-state index in [1.54, 1.807) is 19.1 Å². The standard InChI is InChI=1S/C24H26ClNO6/c1-3-29-19-7-4-16(5-8-19)12-17-13-18(6-9-20(17)25)24-22(28)21(27)15(2)23(32-24,14-31-24)30-11-10-26/h4-9,13,15,21-22,27-28H,3,11-12,14H2,1-2H3. The average Bonchev–Trinajstić information content (AvgIpc) is 3.18. The molecule has 0 saturated carbocycles. The molecule has 0 aromatic heterocycles. The van der Waals surface area contributed by atoms with Crippen molar-refractivity contribution in [2.45, 2.75) is 44.1 Å². The van der Waals surface area contributed by atoms with Crippen LogP contribution < -0.4 is 4.74 Å². The van der Waals surface area contributed by atoms with E-state index in [0.29, 0.717) is 23.6 Å². The minimum absolute atomic E-state index is 0.0270. The molecule has 2 aliphatic heterocycles. The van der Waals surface area contributed by atoms with E-state index in [0.717, 1.165) is 16.9 Å². The third-order valence-electron chi connectivity index (χ3n) is 6.19. The second-order valence-corrected chi connectivity index (χ2v) is 8.51. The maximum atomic E-state index is 10.9. The Hall–Kier alpha value is -2.18. The lowest BCUT2D eigenvalue weighted by molar-refractivity contribution is -0.366. The fourth-order valence-corrected chi connectivity index (χ4v) is 4.52. The second kappa shape index (κ2) is 8.99. The summed E-state index contributed by atoms with van der Waals surface area (Å²) < 4.78 is 23.3. The van der Waals surface area contributed by atoms with Crippen molar-refractivity contribution in [1.29, 1.82) is 5.26 Å². The number of fused-ring (bicyclic) bond motifs is 2. The molecule has 2 aliphatic rings. The number of nitriles is 1. The van der Waals surface area contributed by atoms with Gasteiger partial charge < -0.3 is 29.2 Å². The van der Waals surface area contributed by atoms with Crippen molar-refractivity contribution in [2.24, 2.45) is 5.92 Å². The number of aliphatic hydroxyl groups is 2. The van der Waals surface area contributed by atoms with Gasteiger partial charge in [0, 0.05) is 16.5 Å². The molecule has 0 radical (unpaired) electrons. The number of hydrogen-bond acceptors (Lipinski definition) is 7. The van der Waals surface area contributed by atoms with Crippen molar-refractivity contribution in [3.63, 3.8) is 0 Å². The average molecular weight is 460 g/mol. The van der Waals surface area contributed by atoms with Crippen LogP contribution in [0.3, 0.4) is 0 Å². The summed E-state index contributed by atoms with van der Waals surface area (Å²) in [7, 11) is 0. The Morgan fingerprint density at radius 3 is 2.66 bits per heavy atom. The Morgan fingerprint density at radius 2 is 1.97 bits per heavy atom. The normalized spacial score (nSPS) is 31.3. The first-order chi connectivity index (χ1) is 15.3. The molecule has 5 atom stereocenters. The van der Waals surface area contributed by atoms with Crippen LogP contribution >= 0.6 is 11.6 Å². The van der Waals surface area contributed by atoms with Gasteiger partial charge in [0.05, 0.1) is 18.8 Å². The molecule has 2 aromatic carbocycles. The van der Waals surface area contributed by atoms with E-state index < -0.39 is 29.7 Å². The highest BCUT2D eigenvalue weighted by Gasteiger charge is 2.67. The lowest BCUT2D eigenvalue weighted by Gasteiger charge is -2.46. The number of halogens is 1. The Morgan fingerprint density at radius 1 is 1.22 bits per heavy atom. The van der Waals surface area contributed by atoms with Crippen LogP contribution in [0.2, 0.25) is 5.02 Å². The molecule has 4 rings (SSSR count). The Labute approximate surface area is 192 Å². The number of nitrogens with zero attached hydrogens (tertiary/aromatic N) is 1. The lowest BCUT2D eigenvalue weighted by Crippen LogP contribution is -2.61. The summed E-state index contributed by atoms with van der Waals surface area (Å²) >= 11 is 6.47. The highest BCUT2D eigenvalue weighted by atomic mass is 35.5. The third kappa shape index (κ3) is 3.88. The molecule has 2 fully saturated rings. The van der Waals surface area contributed by atoms with Gasteiger partial charge in [-0.2, -0.15) is 5.26 Å². The molecule has 170 valence electrons. The van der Waals surface area contributed by atoms with Crippen LogP contribution in [-0.2, 0) is 26.4 Å². The highest BCUT2D eigenvalue weighted by Crippen LogP contribution is 2.52. The topological polar surface area (TPSA) is 101 Å². The Balaban J connectivity index is 1.65. The summed E-state index contributed by atoms with van der Waals surface area (Å²) in [5.74, 6) is -2.76. The van der Waals surface area contributed by atoms with E-state index in [1.165, 1.54) is 0 Å². The van der Waals surface area contributed by atoms with Gasteiger partial charge in [-0.1, -0.05) is 36.7 Å². The summed E-state index contributed by atoms with van der Waals surface area (Å²) in [6, 6.07) is 14.9. The summed E-state index contributed by atoms with van der Waals surface area (Å²) in [6.45, 7) is 3.98. The van der Waals surface area contributed by atoms with Crippen LogP contribution in [0.4, 0.5) is 0 Å². The van der Waals surface area contributed by atoms with Gasteiger partial charge >= 0.3 is 0 Å². The molecular weight excluding hydrogens is 434 g/mol. The maximum absolute atomic E-state index is 10.9. The summed E-state index contributed by atoms with van der Waals surface area (Å²) in [6.07, 6.45) is -1.98. The molecule has 2 aromatic rings. The molecule has 7 nitrogen and oxygen atoms in total. The van der Waals surface area contributed by atoms with Crippen molar-refractivity contribution in [2.75, 3.05) is 19.8 Å². The number of ether oxygens (including phenoxy) is 4. The Kier molecular flexibility index (Phi) is 6.46. The van der Waals surface area contributed by atoms with E-state index in [9.17, 15) is 10.2 Å². The zero-order chi connectivity index (χ0) is 22.9. The van der Waals surface area contributed by atoms with Crippen LogP contribution in [0.1, 0.15) is 30.5 Å². The summed E-state index contributed by atoms with van der Waals surface area (Å²) in [4.78, 5) is 0. The van der Waals surface area contributed by atoms with Crippen LogP contribution in [0.25, 0.3) is 0 Å². The molecule has 2 saturated heterocycles. The van der Waals surface area contributed by atoms with E-state index in [-0.39, 0.29) is 13.2 Å². The molecular formula is C24H26ClNO6. The van der Waals surface area contributed by atoms with E-state index in [2.05, 4.69) is 0 Å². The fraction of sp³-hybridized carbons (Fsp3) is 0.458. The van der Waals surface area contributed by atoms with E-state index in [1.807, 2.05) is 43.3 Å². The van der Waals surface area contributed by atoms with Crippen molar-refractivity contribution in [3.8, 4) is 11.8 Å². The molecule has 2 heterocycles. The van der Waals surface area contributed by atoms with Crippen LogP contribution in [-0.4, -0.2) is 48.0 Å². The van der Waals surface area contributed by atoms with Crippen molar-refractivity contribution < 1.29 is 29.2 Å². The first kappa shape index (κ1) is 23.0. The van der Waals surface area contributed by atoms with Gasteiger partial charge in [-0.25, -0.2) is 0 Å². The quantitative estimate of drug-likeness (QED) is 0.655. The molecule has 0 aliphatic carbocycles. The third-order valence-corrected chi connectivity index (χ3v) is 6.56. The predicted molar refractivity (Wildman–Crippen MR) is 116 cm³/mol. The van der Waals surface area contributed by atoms with Gasteiger partial charge in [-0.15, -0.1) is 0 Å². The molecule has 0 spiro atoms. The zero-order valence-corrected chi connectivity index (χ0v) is 18.7. The molecule has 0 amide bonds. The van der Waals surface area contributed by atoms with Crippen LogP contribution in [0, 0.1) is 17.2 Å². The molecule has 5 unspecified atom stereocenters. The van der Waals surface area contributed by atoms with Crippen molar-refractivity contribution in [3.05, 3.63) is 64.2 Å². The van der Waals surface area contributed by atoms with Gasteiger partial charge in [0.15, 0.2) is 0 Å². The first-order valence-electron chi connectivity index (χ1n) is 10.6. The summed E-state index contributed by atoms with van der Waals surface area (Å²) in [5, 5.41) is 31.2. The van der Waals surface area contributed by atoms with Crippen LogP contribution in [0.5, 0.6) is 5.75 Å². The monoisotopic (exact) mass is 459 g/mol. The SMILES string of the molecule is CCOc1ccc(Cc2cc(C34OCC(OCC#N)(O3)C(C)C(O)C4O)ccc2Cl)cc1.